The molecule has 0 saturated heterocycles. The molecule has 1 aromatic carbocycles. The summed E-state index contributed by atoms with van der Waals surface area (Å²) in [5, 5.41) is 3.15. The van der Waals surface area contributed by atoms with Gasteiger partial charge in [-0.2, -0.15) is 0 Å². The normalized spacial score (nSPS) is 25.4. The Labute approximate surface area is 139 Å². The topological polar surface area (TPSA) is 38.3 Å². The lowest BCUT2D eigenvalue weighted by atomic mass is 9.78. The number of ether oxygens (including phenoxy) is 1. The Bertz CT molecular complexity index is 513. The summed E-state index contributed by atoms with van der Waals surface area (Å²) < 4.78 is 5.96. The first-order valence-corrected chi connectivity index (χ1v) is 8.54. The standard InChI is InChI=1S/C16H21BrClNO2/c1-11-5-7-16(10-18,8-6-11)19-15(20)12-3-4-14(21-2)13(17)9-12/h3-4,9,11H,5-8,10H2,1-2H3,(H,19,20). The van der Waals surface area contributed by atoms with Crippen molar-refractivity contribution >= 4 is 33.4 Å². The maximum absolute atomic E-state index is 12.5. The van der Waals surface area contributed by atoms with Gasteiger partial charge in [0.05, 0.1) is 17.1 Å². The van der Waals surface area contributed by atoms with Gasteiger partial charge < -0.3 is 10.1 Å². The first-order valence-electron chi connectivity index (χ1n) is 7.22. The molecular formula is C16H21BrClNO2. The van der Waals surface area contributed by atoms with Crippen LogP contribution >= 0.6 is 27.5 Å². The molecule has 0 radical (unpaired) electrons. The van der Waals surface area contributed by atoms with Gasteiger partial charge in [-0.15, -0.1) is 11.6 Å². The van der Waals surface area contributed by atoms with Gasteiger partial charge in [0.2, 0.25) is 0 Å². The number of benzene rings is 1. The molecule has 0 heterocycles. The summed E-state index contributed by atoms with van der Waals surface area (Å²) in [7, 11) is 1.60. The van der Waals surface area contributed by atoms with E-state index in [1.165, 1.54) is 0 Å². The number of rotatable bonds is 4. The SMILES string of the molecule is COc1ccc(C(=O)NC2(CCl)CCC(C)CC2)cc1Br. The van der Waals surface area contributed by atoms with Crippen LogP contribution in [0, 0.1) is 5.92 Å². The van der Waals surface area contributed by atoms with Crippen molar-refractivity contribution < 1.29 is 9.53 Å². The van der Waals surface area contributed by atoms with E-state index in [4.69, 9.17) is 16.3 Å². The van der Waals surface area contributed by atoms with Gasteiger partial charge in [0, 0.05) is 11.4 Å². The molecule has 0 spiro atoms. The van der Waals surface area contributed by atoms with Crippen molar-refractivity contribution in [2.24, 2.45) is 5.92 Å². The Hall–Kier alpha value is -0.740. The molecule has 0 aromatic heterocycles. The van der Waals surface area contributed by atoms with E-state index in [1.807, 2.05) is 0 Å². The molecule has 1 aromatic rings. The zero-order valence-electron chi connectivity index (χ0n) is 12.4. The lowest BCUT2D eigenvalue weighted by Crippen LogP contribution is -2.52. The summed E-state index contributed by atoms with van der Waals surface area (Å²) >= 11 is 9.56. The Morgan fingerprint density at radius 3 is 2.67 bits per heavy atom. The number of carbonyl (C=O) groups is 1. The number of carbonyl (C=O) groups excluding carboxylic acids is 1. The highest BCUT2D eigenvalue weighted by Gasteiger charge is 2.35. The van der Waals surface area contributed by atoms with Crippen molar-refractivity contribution in [3.63, 3.8) is 0 Å². The molecule has 1 N–H and O–H groups in total. The lowest BCUT2D eigenvalue weighted by molar-refractivity contribution is 0.0872. The van der Waals surface area contributed by atoms with Crippen molar-refractivity contribution in [1.82, 2.24) is 5.32 Å². The van der Waals surface area contributed by atoms with Gasteiger partial charge in [-0.05, 0) is 65.7 Å². The molecule has 0 atom stereocenters. The first kappa shape index (κ1) is 16.6. The van der Waals surface area contributed by atoms with Crippen molar-refractivity contribution in [3.05, 3.63) is 28.2 Å². The van der Waals surface area contributed by atoms with Gasteiger partial charge in [-0.25, -0.2) is 0 Å². The van der Waals surface area contributed by atoms with E-state index >= 15 is 0 Å². The third-order valence-corrected chi connectivity index (χ3v) is 5.41. The zero-order valence-corrected chi connectivity index (χ0v) is 14.8. The van der Waals surface area contributed by atoms with Gasteiger partial charge in [0.25, 0.3) is 5.91 Å². The minimum atomic E-state index is -0.266. The van der Waals surface area contributed by atoms with Crippen LogP contribution in [0.15, 0.2) is 22.7 Å². The van der Waals surface area contributed by atoms with Crippen LogP contribution in [0.25, 0.3) is 0 Å². The van der Waals surface area contributed by atoms with Crippen LogP contribution < -0.4 is 10.1 Å². The summed E-state index contributed by atoms with van der Waals surface area (Å²) in [5.41, 5.74) is 0.350. The van der Waals surface area contributed by atoms with Crippen molar-refractivity contribution in [1.29, 1.82) is 0 Å². The minimum absolute atomic E-state index is 0.0754. The predicted molar refractivity (Wildman–Crippen MR) is 89.2 cm³/mol. The van der Waals surface area contributed by atoms with Crippen molar-refractivity contribution in [3.8, 4) is 5.75 Å². The Morgan fingerprint density at radius 1 is 1.48 bits per heavy atom. The number of halogens is 2. The van der Waals surface area contributed by atoms with Crippen LogP contribution in [0.1, 0.15) is 43.0 Å². The van der Waals surface area contributed by atoms with E-state index in [0.717, 1.165) is 30.2 Å². The summed E-state index contributed by atoms with van der Waals surface area (Å²) in [5.74, 6) is 1.81. The molecule has 0 aliphatic heterocycles. The Balaban J connectivity index is 2.11. The van der Waals surface area contributed by atoms with Crippen molar-refractivity contribution in [2.45, 2.75) is 38.1 Å². The van der Waals surface area contributed by atoms with E-state index in [9.17, 15) is 4.79 Å². The average Bonchev–Trinajstić information content (AvgIpc) is 2.49. The van der Waals surface area contributed by atoms with Crippen LogP contribution in [0.4, 0.5) is 0 Å². The van der Waals surface area contributed by atoms with Crippen molar-refractivity contribution in [2.75, 3.05) is 13.0 Å². The second-order valence-corrected chi connectivity index (χ2v) is 7.02. The second-order valence-electron chi connectivity index (χ2n) is 5.90. The number of hydrogen-bond acceptors (Lipinski definition) is 2. The van der Waals surface area contributed by atoms with Gasteiger partial charge in [0.15, 0.2) is 0 Å². The van der Waals surface area contributed by atoms with Gasteiger partial charge >= 0.3 is 0 Å². The van der Waals surface area contributed by atoms with Crippen LogP contribution in [0.2, 0.25) is 0 Å². The summed E-state index contributed by atoms with van der Waals surface area (Å²) in [6.45, 7) is 2.25. The summed E-state index contributed by atoms with van der Waals surface area (Å²) in [6, 6.07) is 5.34. The molecule has 21 heavy (non-hydrogen) atoms. The molecule has 0 unspecified atom stereocenters. The third kappa shape index (κ3) is 3.92. The molecule has 2 rings (SSSR count). The molecule has 1 fully saturated rings. The molecule has 1 aliphatic carbocycles. The maximum atomic E-state index is 12.5. The highest BCUT2D eigenvalue weighted by atomic mass is 79.9. The summed E-state index contributed by atoms with van der Waals surface area (Å²) in [6.07, 6.45) is 4.11. The highest BCUT2D eigenvalue weighted by molar-refractivity contribution is 9.10. The smallest absolute Gasteiger partial charge is 0.251 e. The van der Waals surface area contributed by atoms with E-state index < -0.39 is 0 Å². The van der Waals surface area contributed by atoms with Gasteiger partial charge in [-0.3, -0.25) is 4.79 Å². The molecule has 5 heteroatoms. The van der Waals surface area contributed by atoms with E-state index in [0.29, 0.717) is 23.1 Å². The number of methoxy groups -OCH3 is 1. The van der Waals surface area contributed by atoms with Crippen LogP contribution in [0.3, 0.4) is 0 Å². The lowest BCUT2D eigenvalue weighted by Gasteiger charge is -2.38. The number of nitrogens with one attached hydrogen (secondary N) is 1. The monoisotopic (exact) mass is 373 g/mol. The number of amides is 1. The minimum Gasteiger partial charge on any atom is -0.496 e. The number of alkyl halides is 1. The fourth-order valence-corrected chi connectivity index (χ4v) is 3.60. The maximum Gasteiger partial charge on any atom is 0.251 e. The molecule has 1 aliphatic rings. The molecule has 0 bridgehead atoms. The van der Waals surface area contributed by atoms with Crippen LogP contribution in [0.5, 0.6) is 5.75 Å². The zero-order chi connectivity index (χ0) is 15.5. The van der Waals surface area contributed by atoms with E-state index in [1.54, 1.807) is 25.3 Å². The third-order valence-electron chi connectivity index (χ3n) is 4.28. The fourth-order valence-electron chi connectivity index (χ4n) is 2.73. The highest BCUT2D eigenvalue weighted by Crippen LogP contribution is 2.33. The van der Waals surface area contributed by atoms with Gasteiger partial charge in [0.1, 0.15) is 5.75 Å². The van der Waals surface area contributed by atoms with Gasteiger partial charge in [-0.1, -0.05) is 6.92 Å². The molecular weight excluding hydrogens is 354 g/mol. The van der Waals surface area contributed by atoms with Crippen LogP contribution in [-0.2, 0) is 0 Å². The average molecular weight is 375 g/mol. The summed E-state index contributed by atoms with van der Waals surface area (Å²) in [4.78, 5) is 12.5. The van der Waals surface area contributed by atoms with E-state index in [2.05, 4.69) is 28.2 Å². The number of hydrogen-bond donors (Lipinski definition) is 1. The molecule has 116 valence electrons. The van der Waals surface area contributed by atoms with Crippen LogP contribution in [-0.4, -0.2) is 24.4 Å². The molecule has 3 nitrogen and oxygen atoms in total. The first-order chi connectivity index (χ1) is 9.99. The Morgan fingerprint density at radius 2 is 2.14 bits per heavy atom. The largest absolute Gasteiger partial charge is 0.496 e. The predicted octanol–water partition coefficient (Wildman–Crippen LogP) is 4.38. The fraction of sp³-hybridized carbons (Fsp3) is 0.562. The molecule has 1 amide bonds. The molecule has 1 saturated carbocycles. The quantitative estimate of drug-likeness (QED) is 0.794. The second kappa shape index (κ2) is 7.01. The Kier molecular flexibility index (Phi) is 5.55. The van der Waals surface area contributed by atoms with E-state index in [-0.39, 0.29) is 11.4 Å².